The Hall–Kier alpha value is -0.940. The van der Waals surface area contributed by atoms with Crippen molar-refractivity contribution in [3.8, 4) is 5.75 Å². The van der Waals surface area contributed by atoms with E-state index in [-0.39, 0.29) is 16.7 Å². The number of rotatable bonds is 6. The van der Waals surface area contributed by atoms with Crippen LogP contribution in [0.5, 0.6) is 5.75 Å². The van der Waals surface area contributed by atoms with Gasteiger partial charge >= 0.3 is 6.36 Å². The molecule has 20 heavy (non-hydrogen) atoms. The molecule has 1 aromatic carbocycles. The lowest BCUT2D eigenvalue weighted by molar-refractivity contribution is -0.274. The fourth-order valence-corrected chi connectivity index (χ4v) is 2.28. The van der Waals surface area contributed by atoms with Crippen molar-refractivity contribution in [3.63, 3.8) is 0 Å². The van der Waals surface area contributed by atoms with Gasteiger partial charge in [-0.25, -0.2) is 0 Å². The molecule has 114 valence electrons. The fraction of sp³-hybridized carbons (Fsp3) is 0.571. The molecule has 1 aromatic rings. The molecule has 0 saturated heterocycles. The first-order valence-electron chi connectivity index (χ1n) is 6.52. The third kappa shape index (κ3) is 5.21. The first-order valence-corrected chi connectivity index (χ1v) is 6.90. The molecular formula is C14H19ClF3NO. The highest BCUT2D eigenvalue weighted by Gasteiger charge is 2.32. The van der Waals surface area contributed by atoms with Gasteiger partial charge in [0.25, 0.3) is 0 Å². The Morgan fingerprint density at radius 3 is 2.40 bits per heavy atom. The predicted molar refractivity (Wildman–Crippen MR) is 74.2 cm³/mol. The van der Waals surface area contributed by atoms with Crippen LogP contribution in [0.4, 0.5) is 13.2 Å². The van der Waals surface area contributed by atoms with Gasteiger partial charge in [-0.1, -0.05) is 31.5 Å². The maximum Gasteiger partial charge on any atom is 0.573 e. The van der Waals surface area contributed by atoms with Crippen LogP contribution in [-0.2, 0) is 6.42 Å². The summed E-state index contributed by atoms with van der Waals surface area (Å²) in [5, 5.41) is 0.0277. The minimum atomic E-state index is -4.74. The van der Waals surface area contributed by atoms with Crippen molar-refractivity contribution in [2.45, 2.75) is 45.4 Å². The second kappa shape index (κ2) is 7.18. The van der Waals surface area contributed by atoms with E-state index in [0.29, 0.717) is 18.5 Å². The SMILES string of the molecule is CC(C)c1cc(CCCCN)cc(OC(F)(F)F)c1Cl. The Kier molecular flexibility index (Phi) is 6.14. The lowest BCUT2D eigenvalue weighted by atomic mass is 9.98. The van der Waals surface area contributed by atoms with Gasteiger partial charge in [0.1, 0.15) is 5.75 Å². The van der Waals surface area contributed by atoms with Crippen LogP contribution < -0.4 is 10.5 Å². The van der Waals surface area contributed by atoms with E-state index in [9.17, 15) is 13.2 Å². The van der Waals surface area contributed by atoms with E-state index in [4.69, 9.17) is 17.3 Å². The van der Waals surface area contributed by atoms with E-state index in [1.54, 1.807) is 0 Å². The van der Waals surface area contributed by atoms with Gasteiger partial charge in [0.05, 0.1) is 5.02 Å². The summed E-state index contributed by atoms with van der Waals surface area (Å²) in [6, 6.07) is 3.20. The summed E-state index contributed by atoms with van der Waals surface area (Å²) >= 11 is 6.00. The monoisotopic (exact) mass is 309 g/mol. The number of ether oxygens (including phenoxy) is 1. The Morgan fingerprint density at radius 1 is 1.25 bits per heavy atom. The second-order valence-electron chi connectivity index (χ2n) is 4.95. The summed E-state index contributed by atoms with van der Waals surface area (Å²) in [7, 11) is 0. The molecule has 0 fully saturated rings. The summed E-state index contributed by atoms with van der Waals surface area (Å²) in [5.41, 5.74) is 6.86. The highest BCUT2D eigenvalue weighted by atomic mass is 35.5. The number of aryl methyl sites for hydroxylation is 1. The van der Waals surface area contributed by atoms with Crippen LogP contribution in [-0.4, -0.2) is 12.9 Å². The Labute approximate surface area is 122 Å². The first kappa shape index (κ1) is 17.1. The molecule has 0 amide bonds. The molecule has 0 atom stereocenters. The van der Waals surface area contributed by atoms with E-state index >= 15 is 0 Å². The molecule has 2 N–H and O–H groups in total. The van der Waals surface area contributed by atoms with Crippen molar-refractivity contribution >= 4 is 11.6 Å². The molecule has 0 aromatic heterocycles. The van der Waals surface area contributed by atoms with Gasteiger partial charge in [0.2, 0.25) is 0 Å². The van der Waals surface area contributed by atoms with Gasteiger partial charge in [-0.15, -0.1) is 13.2 Å². The molecule has 1 rings (SSSR count). The molecule has 0 heterocycles. The first-order chi connectivity index (χ1) is 9.24. The van der Waals surface area contributed by atoms with E-state index in [1.807, 2.05) is 19.9 Å². The van der Waals surface area contributed by atoms with Gasteiger partial charge < -0.3 is 10.5 Å². The summed E-state index contributed by atoms with van der Waals surface area (Å²) < 4.78 is 41.2. The third-order valence-electron chi connectivity index (χ3n) is 2.89. The fourth-order valence-electron chi connectivity index (χ4n) is 1.92. The van der Waals surface area contributed by atoms with Gasteiger partial charge in [-0.3, -0.25) is 0 Å². The molecule has 0 aliphatic heterocycles. The lowest BCUT2D eigenvalue weighted by Crippen LogP contribution is -2.18. The summed E-state index contributed by atoms with van der Waals surface area (Å²) in [4.78, 5) is 0. The smallest absolute Gasteiger partial charge is 0.404 e. The van der Waals surface area contributed by atoms with Crippen LogP contribution in [0.1, 0.15) is 43.7 Å². The maximum absolute atomic E-state index is 12.4. The van der Waals surface area contributed by atoms with Crippen molar-refractivity contribution in [1.82, 2.24) is 0 Å². The predicted octanol–water partition coefficient (Wildman–Crippen LogP) is 4.64. The van der Waals surface area contributed by atoms with Gasteiger partial charge in [0, 0.05) is 0 Å². The lowest BCUT2D eigenvalue weighted by Gasteiger charge is -2.17. The zero-order valence-electron chi connectivity index (χ0n) is 11.6. The second-order valence-corrected chi connectivity index (χ2v) is 5.32. The summed E-state index contributed by atoms with van der Waals surface area (Å²) in [5.74, 6) is -0.305. The Bertz CT molecular complexity index is 447. The number of alkyl halides is 3. The van der Waals surface area contributed by atoms with Gasteiger partial charge in [0.15, 0.2) is 0 Å². The van der Waals surface area contributed by atoms with E-state index < -0.39 is 6.36 Å². The van der Waals surface area contributed by atoms with Crippen LogP contribution in [0.2, 0.25) is 5.02 Å². The van der Waals surface area contributed by atoms with E-state index in [0.717, 1.165) is 18.4 Å². The maximum atomic E-state index is 12.4. The quantitative estimate of drug-likeness (QED) is 0.777. The summed E-state index contributed by atoms with van der Waals surface area (Å²) in [6.45, 7) is 4.32. The van der Waals surface area contributed by atoms with Gasteiger partial charge in [-0.05, 0) is 48.9 Å². The van der Waals surface area contributed by atoms with Crippen molar-refractivity contribution in [2.24, 2.45) is 5.73 Å². The van der Waals surface area contributed by atoms with E-state index in [2.05, 4.69) is 4.74 Å². The Balaban J connectivity index is 3.07. The normalized spacial score (nSPS) is 12.0. The van der Waals surface area contributed by atoms with Crippen molar-refractivity contribution in [1.29, 1.82) is 0 Å². The van der Waals surface area contributed by atoms with Crippen LogP contribution in [0.3, 0.4) is 0 Å². The number of hydrogen-bond donors (Lipinski definition) is 1. The standard InChI is InChI=1S/C14H19ClF3NO/c1-9(2)11-7-10(5-3-4-6-19)8-12(13(11)15)20-14(16,17)18/h7-9H,3-6,19H2,1-2H3. The van der Waals surface area contributed by atoms with E-state index in [1.165, 1.54) is 6.07 Å². The molecule has 0 aliphatic carbocycles. The molecule has 0 saturated carbocycles. The topological polar surface area (TPSA) is 35.2 Å². The average molecular weight is 310 g/mol. The van der Waals surface area contributed by atoms with Gasteiger partial charge in [-0.2, -0.15) is 0 Å². The zero-order valence-corrected chi connectivity index (χ0v) is 12.3. The number of hydrogen-bond acceptors (Lipinski definition) is 2. The molecule has 0 bridgehead atoms. The molecule has 0 aliphatic rings. The van der Waals surface area contributed by atoms with Crippen LogP contribution in [0.15, 0.2) is 12.1 Å². The number of halogens is 4. The third-order valence-corrected chi connectivity index (χ3v) is 3.30. The minimum absolute atomic E-state index is 0.0209. The molecule has 0 unspecified atom stereocenters. The zero-order chi connectivity index (χ0) is 15.3. The van der Waals surface area contributed by atoms with Crippen LogP contribution >= 0.6 is 11.6 Å². The molecule has 0 spiro atoms. The number of nitrogens with two attached hydrogens (primary N) is 1. The van der Waals surface area contributed by atoms with Crippen LogP contribution in [0.25, 0.3) is 0 Å². The van der Waals surface area contributed by atoms with Crippen molar-refractivity contribution in [3.05, 3.63) is 28.3 Å². The van der Waals surface area contributed by atoms with Crippen molar-refractivity contribution < 1.29 is 17.9 Å². The Morgan fingerprint density at radius 2 is 1.90 bits per heavy atom. The largest absolute Gasteiger partial charge is 0.573 e. The number of unbranched alkanes of at least 4 members (excludes halogenated alkanes) is 1. The highest BCUT2D eigenvalue weighted by Crippen LogP contribution is 2.37. The highest BCUT2D eigenvalue weighted by molar-refractivity contribution is 6.32. The molecular weight excluding hydrogens is 291 g/mol. The molecule has 0 radical (unpaired) electrons. The average Bonchev–Trinajstić information content (AvgIpc) is 2.31. The minimum Gasteiger partial charge on any atom is -0.404 e. The van der Waals surface area contributed by atoms with Crippen LogP contribution in [0, 0.1) is 0 Å². The van der Waals surface area contributed by atoms with Crippen molar-refractivity contribution in [2.75, 3.05) is 6.54 Å². The number of benzene rings is 1. The summed E-state index contributed by atoms with van der Waals surface area (Å²) in [6.07, 6.45) is -2.44. The molecule has 6 heteroatoms. The molecule has 2 nitrogen and oxygen atoms in total.